The van der Waals surface area contributed by atoms with E-state index in [-0.39, 0.29) is 24.4 Å². The number of rotatable bonds is 2. The number of carbonyl (C=O) groups excluding carboxylic acids is 1. The van der Waals surface area contributed by atoms with Crippen LogP contribution in [0.4, 0.5) is 0 Å². The molecule has 1 aromatic rings. The van der Waals surface area contributed by atoms with Crippen molar-refractivity contribution >= 4 is 11.8 Å². The first-order chi connectivity index (χ1) is 9.56. The van der Waals surface area contributed by atoms with Crippen LogP contribution in [0.1, 0.15) is 35.7 Å². The van der Waals surface area contributed by atoms with Gasteiger partial charge in [-0.1, -0.05) is 29.8 Å². The highest BCUT2D eigenvalue weighted by Crippen LogP contribution is 2.36. The Hall–Kier alpha value is -1.94. The summed E-state index contributed by atoms with van der Waals surface area (Å²) in [7, 11) is 0. The summed E-state index contributed by atoms with van der Waals surface area (Å²) in [5.74, 6) is -0.836. The van der Waals surface area contributed by atoms with Crippen LogP contribution in [0.3, 0.4) is 0 Å². The van der Waals surface area contributed by atoms with E-state index in [9.17, 15) is 9.59 Å². The molecule has 0 bridgehead atoms. The van der Waals surface area contributed by atoms with Gasteiger partial charge in [0.1, 0.15) is 0 Å². The highest BCUT2D eigenvalue weighted by atomic mass is 16.5. The lowest BCUT2D eigenvalue weighted by Crippen LogP contribution is -2.35. The Morgan fingerprint density at radius 2 is 2.15 bits per heavy atom. The number of carboxylic acid groups (broad SMARTS) is 1. The molecule has 4 nitrogen and oxygen atoms in total. The summed E-state index contributed by atoms with van der Waals surface area (Å²) >= 11 is 0. The van der Waals surface area contributed by atoms with Gasteiger partial charge in [-0.15, -0.1) is 0 Å². The van der Waals surface area contributed by atoms with Gasteiger partial charge in [-0.25, -0.2) is 0 Å². The van der Waals surface area contributed by atoms with Gasteiger partial charge in [0.05, 0.1) is 18.6 Å². The summed E-state index contributed by atoms with van der Waals surface area (Å²) in [6.07, 6.45) is 0.577. The molecule has 2 aliphatic rings. The Kier molecular flexibility index (Phi) is 3.18. The van der Waals surface area contributed by atoms with Crippen LogP contribution in [-0.4, -0.2) is 29.1 Å². The average Bonchev–Trinajstić information content (AvgIpc) is 2.37. The third-order valence-corrected chi connectivity index (χ3v) is 3.97. The van der Waals surface area contributed by atoms with E-state index in [2.05, 4.69) is 0 Å². The van der Waals surface area contributed by atoms with Crippen LogP contribution in [-0.2, 0) is 16.0 Å². The lowest BCUT2D eigenvalue weighted by Gasteiger charge is -2.34. The quantitative estimate of drug-likeness (QED) is 0.897. The molecule has 1 aromatic carbocycles. The summed E-state index contributed by atoms with van der Waals surface area (Å²) < 4.78 is 5.69. The number of hydrogen-bond acceptors (Lipinski definition) is 3. The number of ether oxygens (including phenoxy) is 1. The molecule has 0 aromatic heterocycles. The molecule has 1 N–H and O–H groups in total. The van der Waals surface area contributed by atoms with Crippen LogP contribution in [0.25, 0.3) is 0 Å². The minimum atomic E-state index is -0.867. The highest BCUT2D eigenvalue weighted by molar-refractivity contribution is 6.12. The van der Waals surface area contributed by atoms with Crippen molar-refractivity contribution in [3.63, 3.8) is 0 Å². The van der Waals surface area contributed by atoms with Gasteiger partial charge in [-0.3, -0.25) is 9.59 Å². The zero-order valence-corrected chi connectivity index (χ0v) is 11.3. The number of carboxylic acids is 1. The molecule has 4 heteroatoms. The highest BCUT2D eigenvalue weighted by Gasteiger charge is 2.35. The maximum atomic E-state index is 12.5. The number of carbonyl (C=O) groups is 2. The number of benzene rings is 1. The number of Topliss-reactive ketones (excluding diaryl/α,β-unsaturated/α-hetero) is 1. The number of ketones is 1. The fraction of sp³-hybridized carbons (Fsp3) is 0.375. The first kappa shape index (κ1) is 13.1. The van der Waals surface area contributed by atoms with Crippen molar-refractivity contribution in [2.75, 3.05) is 0 Å². The summed E-state index contributed by atoms with van der Waals surface area (Å²) in [6.45, 7) is 1.83. The van der Waals surface area contributed by atoms with E-state index in [1.165, 1.54) is 0 Å². The van der Waals surface area contributed by atoms with Crippen LogP contribution in [0.2, 0.25) is 0 Å². The Morgan fingerprint density at radius 3 is 2.90 bits per heavy atom. The van der Waals surface area contributed by atoms with Crippen LogP contribution in [0.5, 0.6) is 0 Å². The predicted octanol–water partition coefficient (Wildman–Crippen LogP) is 2.37. The Morgan fingerprint density at radius 1 is 1.40 bits per heavy atom. The molecule has 0 fully saturated rings. The van der Waals surface area contributed by atoms with Gasteiger partial charge in [0.2, 0.25) is 0 Å². The number of hydrogen-bond donors (Lipinski definition) is 1. The van der Waals surface area contributed by atoms with E-state index < -0.39 is 5.97 Å². The second kappa shape index (κ2) is 4.87. The largest absolute Gasteiger partial charge is 0.481 e. The maximum absolute atomic E-state index is 12.5. The van der Waals surface area contributed by atoms with Crippen molar-refractivity contribution in [3.05, 3.63) is 46.5 Å². The Labute approximate surface area is 117 Å². The lowest BCUT2D eigenvalue weighted by molar-refractivity contribution is -0.141. The molecular weight excluding hydrogens is 256 g/mol. The fourth-order valence-electron chi connectivity index (χ4n) is 3.18. The summed E-state index contributed by atoms with van der Waals surface area (Å²) in [5.41, 5.74) is 3.54. The van der Waals surface area contributed by atoms with Gasteiger partial charge in [0.15, 0.2) is 5.78 Å². The molecule has 0 saturated heterocycles. The molecule has 2 atom stereocenters. The molecule has 1 heterocycles. The van der Waals surface area contributed by atoms with Crippen LogP contribution < -0.4 is 0 Å². The maximum Gasteiger partial charge on any atom is 0.305 e. The molecule has 0 spiro atoms. The van der Waals surface area contributed by atoms with Crippen molar-refractivity contribution < 1.29 is 19.4 Å². The SMILES string of the molecule is C[C@@H]1O[C@@H](CC(=O)O)CC2=C1C(=O)c1ccccc1C2. The van der Waals surface area contributed by atoms with Crippen molar-refractivity contribution in [2.24, 2.45) is 0 Å². The molecule has 0 unspecified atom stereocenters. The van der Waals surface area contributed by atoms with E-state index in [1.807, 2.05) is 31.2 Å². The predicted molar refractivity (Wildman–Crippen MR) is 72.7 cm³/mol. The molecule has 3 rings (SSSR count). The summed E-state index contributed by atoms with van der Waals surface area (Å²) in [5, 5.41) is 8.89. The van der Waals surface area contributed by atoms with Crippen LogP contribution in [0.15, 0.2) is 35.4 Å². The molecule has 0 amide bonds. The van der Waals surface area contributed by atoms with E-state index in [0.717, 1.165) is 28.7 Å². The van der Waals surface area contributed by atoms with Gasteiger partial charge in [-0.2, -0.15) is 0 Å². The third kappa shape index (κ3) is 2.16. The van der Waals surface area contributed by atoms with Crippen molar-refractivity contribution in [2.45, 2.75) is 38.4 Å². The van der Waals surface area contributed by atoms with Crippen LogP contribution >= 0.6 is 0 Å². The summed E-state index contributed by atoms with van der Waals surface area (Å²) in [4.78, 5) is 23.4. The zero-order chi connectivity index (χ0) is 14.3. The molecule has 0 radical (unpaired) electrons. The first-order valence-electron chi connectivity index (χ1n) is 6.78. The fourth-order valence-corrected chi connectivity index (χ4v) is 3.18. The molecule has 1 aliphatic carbocycles. The topological polar surface area (TPSA) is 63.6 Å². The second-order valence-corrected chi connectivity index (χ2v) is 5.38. The molecule has 0 saturated carbocycles. The third-order valence-electron chi connectivity index (χ3n) is 3.97. The van der Waals surface area contributed by atoms with E-state index in [1.54, 1.807) is 0 Å². The minimum Gasteiger partial charge on any atom is -0.481 e. The number of fused-ring (bicyclic) bond motifs is 1. The monoisotopic (exact) mass is 272 g/mol. The first-order valence-corrected chi connectivity index (χ1v) is 6.78. The minimum absolute atomic E-state index is 0.0169. The van der Waals surface area contributed by atoms with Crippen molar-refractivity contribution in [1.82, 2.24) is 0 Å². The molecule has 20 heavy (non-hydrogen) atoms. The lowest BCUT2D eigenvalue weighted by atomic mass is 9.79. The number of aliphatic carboxylic acids is 1. The smallest absolute Gasteiger partial charge is 0.305 e. The zero-order valence-electron chi connectivity index (χ0n) is 11.3. The standard InChI is InChI=1S/C16H16O4/c1-9-15-11(7-12(20-9)8-14(17)18)6-10-4-2-3-5-13(10)16(15)19/h2-5,9,12H,6-8H2,1H3,(H,17,18)/t9-,12+/m0/s1. The van der Waals surface area contributed by atoms with Crippen molar-refractivity contribution in [3.8, 4) is 0 Å². The van der Waals surface area contributed by atoms with Crippen molar-refractivity contribution in [1.29, 1.82) is 0 Å². The molecular formula is C16H16O4. The normalized spacial score (nSPS) is 25.1. The van der Waals surface area contributed by atoms with Gasteiger partial charge in [0.25, 0.3) is 0 Å². The van der Waals surface area contributed by atoms with Crippen LogP contribution in [0, 0.1) is 0 Å². The van der Waals surface area contributed by atoms with E-state index >= 15 is 0 Å². The van der Waals surface area contributed by atoms with Gasteiger partial charge >= 0.3 is 5.97 Å². The van der Waals surface area contributed by atoms with E-state index in [0.29, 0.717) is 6.42 Å². The van der Waals surface area contributed by atoms with E-state index in [4.69, 9.17) is 9.84 Å². The second-order valence-electron chi connectivity index (χ2n) is 5.38. The molecule has 104 valence electrons. The average molecular weight is 272 g/mol. The Bertz CT molecular complexity index is 615. The Balaban J connectivity index is 1.94. The van der Waals surface area contributed by atoms with Gasteiger partial charge in [0, 0.05) is 11.1 Å². The molecule has 1 aliphatic heterocycles. The van der Waals surface area contributed by atoms with Gasteiger partial charge < -0.3 is 9.84 Å². The van der Waals surface area contributed by atoms with Gasteiger partial charge in [-0.05, 0) is 25.3 Å². The summed E-state index contributed by atoms with van der Waals surface area (Å²) in [6, 6.07) is 7.60.